The van der Waals surface area contributed by atoms with E-state index in [2.05, 4.69) is 6.07 Å². The highest BCUT2D eigenvalue weighted by atomic mass is 19.1. The van der Waals surface area contributed by atoms with Crippen LogP contribution in [-0.2, 0) is 5.41 Å². The standard InChI is InChI=1S/C13H14FNO/c1-9-6-11(14)10(7-12(9)16-2)13(8-15)4-3-5-13/h6-7H,3-5H2,1-2H3. The first-order valence-electron chi connectivity index (χ1n) is 5.39. The van der Waals surface area contributed by atoms with Gasteiger partial charge in [0.15, 0.2) is 0 Å². The number of methoxy groups -OCH3 is 1. The SMILES string of the molecule is COc1cc(C2(C#N)CCC2)c(F)cc1C. The lowest BCUT2D eigenvalue weighted by Gasteiger charge is -2.36. The van der Waals surface area contributed by atoms with Gasteiger partial charge in [-0.1, -0.05) is 0 Å². The molecular weight excluding hydrogens is 205 g/mol. The van der Waals surface area contributed by atoms with Gasteiger partial charge in [-0.25, -0.2) is 4.39 Å². The van der Waals surface area contributed by atoms with Crippen molar-refractivity contribution in [2.75, 3.05) is 7.11 Å². The van der Waals surface area contributed by atoms with Gasteiger partial charge >= 0.3 is 0 Å². The molecular formula is C13H14FNO. The van der Waals surface area contributed by atoms with Gasteiger partial charge in [-0.3, -0.25) is 0 Å². The summed E-state index contributed by atoms with van der Waals surface area (Å²) in [6.07, 6.45) is 2.47. The van der Waals surface area contributed by atoms with E-state index in [-0.39, 0.29) is 5.82 Å². The van der Waals surface area contributed by atoms with Crippen LogP contribution in [0.15, 0.2) is 12.1 Å². The first-order chi connectivity index (χ1) is 7.63. The molecule has 1 aliphatic rings. The Morgan fingerprint density at radius 3 is 2.56 bits per heavy atom. The first kappa shape index (κ1) is 10.9. The molecule has 0 atom stereocenters. The summed E-state index contributed by atoms with van der Waals surface area (Å²) in [5, 5.41) is 9.19. The van der Waals surface area contributed by atoms with Crippen molar-refractivity contribution in [2.24, 2.45) is 0 Å². The zero-order valence-corrected chi connectivity index (χ0v) is 9.51. The van der Waals surface area contributed by atoms with E-state index in [1.807, 2.05) is 0 Å². The minimum absolute atomic E-state index is 0.292. The normalized spacial score (nSPS) is 17.4. The van der Waals surface area contributed by atoms with Crippen LogP contribution in [0.5, 0.6) is 5.75 Å². The minimum Gasteiger partial charge on any atom is -0.496 e. The summed E-state index contributed by atoms with van der Waals surface area (Å²) in [4.78, 5) is 0. The van der Waals surface area contributed by atoms with Gasteiger partial charge in [0.05, 0.1) is 18.6 Å². The Labute approximate surface area is 94.7 Å². The van der Waals surface area contributed by atoms with Gasteiger partial charge in [-0.2, -0.15) is 5.26 Å². The van der Waals surface area contributed by atoms with Crippen LogP contribution in [0.4, 0.5) is 4.39 Å². The molecule has 0 aliphatic heterocycles. The topological polar surface area (TPSA) is 33.0 Å². The van der Waals surface area contributed by atoms with Crippen LogP contribution in [0.25, 0.3) is 0 Å². The maximum atomic E-state index is 13.9. The molecule has 16 heavy (non-hydrogen) atoms. The third-order valence-electron chi connectivity index (χ3n) is 3.42. The van der Waals surface area contributed by atoms with Crippen LogP contribution in [0, 0.1) is 24.1 Å². The number of rotatable bonds is 2. The van der Waals surface area contributed by atoms with Gasteiger partial charge in [0, 0.05) is 5.56 Å². The van der Waals surface area contributed by atoms with E-state index in [1.54, 1.807) is 20.1 Å². The van der Waals surface area contributed by atoms with Crippen molar-refractivity contribution >= 4 is 0 Å². The Kier molecular flexibility index (Phi) is 2.59. The lowest BCUT2D eigenvalue weighted by molar-refractivity contribution is 0.310. The monoisotopic (exact) mass is 219 g/mol. The molecule has 2 nitrogen and oxygen atoms in total. The highest BCUT2D eigenvalue weighted by Crippen LogP contribution is 2.45. The summed E-state index contributed by atoms with van der Waals surface area (Å²) in [5.74, 6) is 0.359. The van der Waals surface area contributed by atoms with Crippen LogP contribution < -0.4 is 4.74 Å². The van der Waals surface area contributed by atoms with Gasteiger partial charge in [-0.05, 0) is 43.9 Å². The number of hydrogen-bond acceptors (Lipinski definition) is 2. The number of aryl methyl sites for hydroxylation is 1. The molecule has 0 aromatic heterocycles. The van der Waals surface area contributed by atoms with Crippen LogP contribution in [-0.4, -0.2) is 7.11 Å². The zero-order valence-electron chi connectivity index (χ0n) is 9.51. The minimum atomic E-state index is -0.620. The average molecular weight is 219 g/mol. The molecule has 0 unspecified atom stereocenters. The molecule has 0 spiro atoms. The zero-order chi connectivity index (χ0) is 11.8. The van der Waals surface area contributed by atoms with Gasteiger partial charge < -0.3 is 4.74 Å². The fourth-order valence-electron chi connectivity index (χ4n) is 2.21. The highest BCUT2D eigenvalue weighted by Gasteiger charge is 2.41. The lowest BCUT2D eigenvalue weighted by atomic mass is 9.65. The Hall–Kier alpha value is -1.56. The summed E-state index contributed by atoms with van der Waals surface area (Å²) < 4.78 is 19.0. The van der Waals surface area contributed by atoms with E-state index >= 15 is 0 Å². The first-order valence-corrected chi connectivity index (χ1v) is 5.39. The molecule has 0 radical (unpaired) electrons. The predicted octanol–water partition coefficient (Wildman–Crippen LogP) is 3.09. The van der Waals surface area contributed by atoms with E-state index in [0.29, 0.717) is 11.3 Å². The van der Waals surface area contributed by atoms with Crippen molar-refractivity contribution < 1.29 is 9.13 Å². The molecule has 84 valence electrons. The molecule has 1 saturated carbocycles. The molecule has 0 N–H and O–H groups in total. The molecule has 1 fully saturated rings. The maximum absolute atomic E-state index is 13.9. The Morgan fingerprint density at radius 2 is 2.12 bits per heavy atom. The molecule has 3 heteroatoms. The third-order valence-corrected chi connectivity index (χ3v) is 3.42. The maximum Gasteiger partial charge on any atom is 0.128 e. The molecule has 1 aromatic rings. The Morgan fingerprint density at radius 1 is 1.44 bits per heavy atom. The molecule has 0 bridgehead atoms. The number of nitrogens with zero attached hydrogens (tertiary/aromatic N) is 1. The fraction of sp³-hybridized carbons (Fsp3) is 0.462. The molecule has 1 aliphatic carbocycles. The van der Waals surface area contributed by atoms with E-state index in [0.717, 1.165) is 24.8 Å². The van der Waals surface area contributed by atoms with Crippen molar-refractivity contribution in [3.05, 3.63) is 29.1 Å². The molecule has 0 amide bonds. The molecule has 0 saturated heterocycles. The fourth-order valence-corrected chi connectivity index (χ4v) is 2.21. The van der Waals surface area contributed by atoms with E-state index in [4.69, 9.17) is 4.74 Å². The highest BCUT2D eigenvalue weighted by molar-refractivity contribution is 5.45. The van der Waals surface area contributed by atoms with Crippen molar-refractivity contribution in [2.45, 2.75) is 31.6 Å². The van der Waals surface area contributed by atoms with E-state index in [9.17, 15) is 9.65 Å². The largest absolute Gasteiger partial charge is 0.496 e. The van der Waals surface area contributed by atoms with Gasteiger partial charge in [0.1, 0.15) is 11.6 Å². The van der Waals surface area contributed by atoms with Gasteiger partial charge in [-0.15, -0.1) is 0 Å². The molecule has 2 rings (SSSR count). The van der Waals surface area contributed by atoms with Crippen molar-refractivity contribution in [3.63, 3.8) is 0 Å². The summed E-state index contributed by atoms with van der Waals surface area (Å²) in [5.41, 5.74) is 0.630. The Bertz CT molecular complexity index is 458. The predicted molar refractivity (Wildman–Crippen MR) is 58.8 cm³/mol. The second kappa shape index (κ2) is 3.79. The Balaban J connectivity index is 2.53. The number of benzene rings is 1. The second-order valence-electron chi connectivity index (χ2n) is 4.35. The van der Waals surface area contributed by atoms with Crippen molar-refractivity contribution in [1.29, 1.82) is 5.26 Å². The average Bonchev–Trinajstić information content (AvgIpc) is 2.20. The molecule has 0 heterocycles. The lowest BCUT2D eigenvalue weighted by Crippen LogP contribution is -2.33. The number of nitriles is 1. The second-order valence-corrected chi connectivity index (χ2v) is 4.35. The third kappa shape index (κ3) is 1.46. The summed E-state index contributed by atoms with van der Waals surface area (Å²) in [6, 6.07) is 5.37. The van der Waals surface area contributed by atoms with Crippen molar-refractivity contribution in [1.82, 2.24) is 0 Å². The van der Waals surface area contributed by atoms with Crippen molar-refractivity contribution in [3.8, 4) is 11.8 Å². The van der Waals surface area contributed by atoms with Crippen LogP contribution >= 0.6 is 0 Å². The smallest absolute Gasteiger partial charge is 0.128 e. The van der Waals surface area contributed by atoms with Gasteiger partial charge in [0.25, 0.3) is 0 Å². The molecule has 1 aromatic carbocycles. The summed E-state index contributed by atoms with van der Waals surface area (Å²) in [6.45, 7) is 1.80. The quantitative estimate of drug-likeness (QED) is 0.765. The van der Waals surface area contributed by atoms with Gasteiger partial charge in [0.2, 0.25) is 0 Å². The van der Waals surface area contributed by atoms with Crippen LogP contribution in [0.3, 0.4) is 0 Å². The van der Waals surface area contributed by atoms with E-state index < -0.39 is 5.41 Å². The number of halogens is 1. The van der Waals surface area contributed by atoms with Crippen LogP contribution in [0.2, 0.25) is 0 Å². The van der Waals surface area contributed by atoms with Crippen LogP contribution in [0.1, 0.15) is 30.4 Å². The van der Waals surface area contributed by atoms with E-state index in [1.165, 1.54) is 6.07 Å². The summed E-state index contributed by atoms with van der Waals surface area (Å²) >= 11 is 0. The summed E-state index contributed by atoms with van der Waals surface area (Å²) in [7, 11) is 1.56. The number of hydrogen-bond donors (Lipinski definition) is 0. The number of ether oxygens (including phenoxy) is 1.